The Kier molecular flexibility index (Phi) is 6.93. The van der Waals surface area contributed by atoms with Crippen molar-refractivity contribution < 1.29 is 4.74 Å². The Bertz CT molecular complexity index is 1630. The van der Waals surface area contributed by atoms with Gasteiger partial charge in [-0.25, -0.2) is 4.98 Å². The minimum atomic E-state index is -0.591. The van der Waals surface area contributed by atoms with Gasteiger partial charge in [-0.2, -0.15) is 0 Å². The van der Waals surface area contributed by atoms with E-state index >= 15 is 0 Å². The topological polar surface area (TPSA) is 58.5 Å². The lowest BCUT2D eigenvalue weighted by Crippen LogP contribution is -2.42. The van der Waals surface area contributed by atoms with Crippen molar-refractivity contribution in [2.75, 3.05) is 12.4 Å². The van der Waals surface area contributed by atoms with Crippen LogP contribution in [-0.4, -0.2) is 24.3 Å². The normalized spacial score (nSPS) is 22.3. The van der Waals surface area contributed by atoms with Gasteiger partial charge in [-0.3, -0.25) is 4.99 Å². The van der Waals surface area contributed by atoms with Gasteiger partial charge in [0.15, 0.2) is 0 Å². The molecule has 1 aliphatic heterocycles. The highest BCUT2D eigenvalue weighted by Crippen LogP contribution is 2.41. The molecule has 6 rings (SSSR count). The number of likely N-dealkylation sites (N-methyl/N-ethyl adjacent to an activating group) is 1. The molecule has 40 heavy (non-hydrogen) atoms. The number of benzene rings is 3. The van der Waals surface area contributed by atoms with Gasteiger partial charge in [0.1, 0.15) is 18.2 Å². The molecule has 5 nitrogen and oxygen atoms in total. The Morgan fingerprint density at radius 2 is 1.85 bits per heavy atom. The molecule has 2 N–H and O–H groups in total. The van der Waals surface area contributed by atoms with E-state index in [-0.39, 0.29) is 0 Å². The SMILES string of the molecule is CC=N/C=C(\C)C1(NC)c2ccc(C)c(c2)COc2cccc(c2)-c2cc(NC3CC(C)C3)nc3ccc1cc23. The standard InChI is InChI=1S/C35H38N4O/c1-6-37-20-24(4)35(36-5)27-11-10-23(3)26(16-27)21-40-30-9-7-8-25(17-30)31-19-34(38-29-14-22(2)15-29)39-33-13-12-28(35)18-32(31)33/h6-13,16-20,22,29,36H,14-15,21H2,1-5H3,(H,38,39)/b24-20+,37-6?. The second-order valence-electron chi connectivity index (χ2n) is 11.4. The maximum atomic E-state index is 6.41. The number of aryl methyl sites for hydroxylation is 1. The lowest BCUT2D eigenvalue weighted by molar-refractivity contribution is 0.305. The monoisotopic (exact) mass is 530 g/mol. The molecule has 1 saturated carbocycles. The van der Waals surface area contributed by atoms with Crippen LogP contribution in [0.1, 0.15) is 55.9 Å². The number of pyridine rings is 1. The Hall–Kier alpha value is -3.96. The highest BCUT2D eigenvalue weighted by Gasteiger charge is 2.36. The lowest BCUT2D eigenvalue weighted by Gasteiger charge is -2.37. The van der Waals surface area contributed by atoms with E-state index in [1.807, 2.05) is 32.5 Å². The summed E-state index contributed by atoms with van der Waals surface area (Å²) in [4.78, 5) is 9.61. The summed E-state index contributed by atoms with van der Waals surface area (Å²) >= 11 is 0. The molecular weight excluding hydrogens is 492 g/mol. The fraction of sp³-hybridized carbons (Fsp3) is 0.314. The van der Waals surface area contributed by atoms with Crippen molar-refractivity contribution >= 4 is 22.9 Å². The summed E-state index contributed by atoms with van der Waals surface area (Å²) in [6.07, 6.45) is 6.16. The number of rotatable bonds is 5. The number of ether oxygens (including phenoxy) is 1. The average molecular weight is 531 g/mol. The predicted octanol–water partition coefficient (Wildman–Crippen LogP) is 7.77. The molecule has 204 valence electrons. The molecule has 1 unspecified atom stereocenters. The molecule has 1 atom stereocenters. The molecule has 0 spiro atoms. The lowest BCUT2D eigenvalue weighted by atomic mass is 9.76. The number of nitrogens with one attached hydrogen (secondary N) is 2. The molecule has 2 aliphatic rings. The van der Waals surface area contributed by atoms with E-state index in [0.29, 0.717) is 12.6 Å². The van der Waals surface area contributed by atoms with Crippen LogP contribution in [0.2, 0.25) is 0 Å². The number of nitrogens with zero attached hydrogens (tertiary/aromatic N) is 2. The van der Waals surface area contributed by atoms with Crippen molar-refractivity contribution in [3.8, 4) is 16.9 Å². The fourth-order valence-corrected chi connectivity index (χ4v) is 6.37. The number of aromatic nitrogens is 1. The Balaban J connectivity index is 1.63. The van der Waals surface area contributed by atoms with E-state index in [1.54, 1.807) is 0 Å². The zero-order valence-electron chi connectivity index (χ0n) is 24.1. The van der Waals surface area contributed by atoms with Gasteiger partial charge in [-0.05, 0) is 122 Å². The van der Waals surface area contributed by atoms with Crippen LogP contribution >= 0.6 is 0 Å². The van der Waals surface area contributed by atoms with Crippen LogP contribution in [-0.2, 0) is 12.1 Å². The van der Waals surface area contributed by atoms with E-state index in [1.165, 1.54) is 18.4 Å². The highest BCUT2D eigenvalue weighted by molar-refractivity contribution is 5.97. The summed E-state index contributed by atoms with van der Waals surface area (Å²) in [5, 5.41) is 8.52. The second kappa shape index (κ2) is 10.5. The fourth-order valence-electron chi connectivity index (χ4n) is 6.37. The molecule has 0 saturated heterocycles. The largest absolute Gasteiger partial charge is 0.489 e. The first-order valence-electron chi connectivity index (χ1n) is 14.3. The molecule has 1 aliphatic carbocycles. The highest BCUT2D eigenvalue weighted by atomic mass is 16.5. The number of hydrogen-bond acceptors (Lipinski definition) is 5. The van der Waals surface area contributed by atoms with Crippen molar-refractivity contribution in [1.82, 2.24) is 10.3 Å². The molecule has 6 bridgehead atoms. The smallest absolute Gasteiger partial charge is 0.127 e. The molecule has 1 aromatic heterocycles. The summed E-state index contributed by atoms with van der Waals surface area (Å²) in [6.45, 7) is 9.04. The first kappa shape index (κ1) is 26.3. The first-order valence-corrected chi connectivity index (χ1v) is 14.3. The van der Waals surface area contributed by atoms with Gasteiger partial charge in [-0.1, -0.05) is 37.3 Å². The average Bonchev–Trinajstić information content (AvgIpc) is 2.95. The third-order valence-corrected chi connectivity index (χ3v) is 8.67. The third kappa shape index (κ3) is 4.58. The van der Waals surface area contributed by atoms with Crippen LogP contribution in [0.4, 0.5) is 5.82 Å². The van der Waals surface area contributed by atoms with Crippen LogP contribution in [0.3, 0.4) is 0 Å². The molecule has 4 aromatic rings. The quantitative estimate of drug-likeness (QED) is 0.259. The Morgan fingerprint density at radius 1 is 1.05 bits per heavy atom. The zero-order valence-corrected chi connectivity index (χ0v) is 24.1. The molecule has 5 heteroatoms. The van der Waals surface area contributed by atoms with Gasteiger partial charge in [0.2, 0.25) is 0 Å². The third-order valence-electron chi connectivity index (χ3n) is 8.67. The van der Waals surface area contributed by atoms with E-state index in [4.69, 9.17) is 9.72 Å². The number of fused-ring (bicyclic) bond motifs is 6. The number of anilines is 1. The van der Waals surface area contributed by atoms with Crippen LogP contribution in [0.5, 0.6) is 5.75 Å². The van der Waals surface area contributed by atoms with E-state index in [2.05, 4.69) is 97.1 Å². The van der Waals surface area contributed by atoms with Gasteiger partial charge in [0.05, 0.1) is 11.1 Å². The number of hydrogen-bond donors (Lipinski definition) is 2. The summed E-state index contributed by atoms with van der Waals surface area (Å²) in [5.74, 6) is 2.56. The Labute approximate surface area is 237 Å². The minimum absolute atomic E-state index is 0.481. The van der Waals surface area contributed by atoms with E-state index in [0.717, 1.165) is 61.8 Å². The molecule has 0 radical (unpaired) electrons. The summed E-state index contributed by atoms with van der Waals surface area (Å²) in [5.41, 5.74) is 8.41. The van der Waals surface area contributed by atoms with Gasteiger partial charge in [-0.15, -0.1) is 0 Å². The Morgan fingerprint density at radius 3 is 2.62 bits per heavy atom. The van der Waals surface area contributed by atoms with Gasteiger partial charge in [0, 0.05) is 23.8 Å². The summed E-state index contributed by atoms with van der Waals surface area (Å²) < 4.78 is 6.41. The molecule has 0 amide bonds. The molecule has 2 heterocycles. The van der Waals surface area contributed by atoms with Crippen molar-refractivity contribution in [1.29, 1.82) is 0 Å². The maximum Gasteiger partial charge on any atom is 0.127 e. The maximum absolute atomic E-state index is 6.41. The zero-order chi connectivity index (χ0) is 27.9. The minimum Gasteiger partial charge on any atom is -0.489 e. The van der Waals surface area contributed by atoms with Gasteiger partial charge < -0.3 is 15.4 Å². The van der Waals surface area contributed by atoms with Crippen LogP contribution in [0, 0.1) is 12.8 Å². The van der Waals surface area contributed by atoms with Crippen molar-refractivity contribution in [2.45, 2.75) is 58.7 Å². The van der Waals surface area contributed by atoms with Crippen LogP contribution in [0.15, 0.2) is 83.5 Å². The first-order chi connectivity index (χ1) is 19.4. The number of aliphatic imine (C=N–C) groups is 1. The van der Waals surface area contributed by atoms with Crippen molar-refractivity contribution in [2.24, 2.45) is 10.9 Å². The van der Waals surface area contributed by atoms with Gasteiger partial charge in [0.25, 0.3) is 0 Å². The van der Waals surface area contributed by atoms with Crippen LogP contribution < -0.4 is 15.4 Å². The van der Waals surface area contributed by atoms with E-state index in [9.17, 15) is 0 Å². The van der Waals surface area contributed by atoms with Crippen molar-refractivity contribution in [3.63, 3.8) is 0 Å². The van der Waals surface area contributed by atoms with Gasteiger partial charge >= 0.3 is 0 Å². The molecule has 3 aromatic carbocycles. The molecular formula is C35H38N4O. The van der Waals surface area contributed by atoms with Crippen molar-refractivity contribution in [3.05, 3.63) is 101 Å². The van der Waals surface area contributed by atoms with E-state index < -0.39 is 5.54 Å². The second-order valence-corrected chi connectivity index (χ2v) is 11.4. The summed E-state index contributed by atoms with van der Waals surface area (Å²) in [6, 6.07) is 24.5. The predicted molar refractivity (Wildman–Crippen MR) is 166 cm³/mol. The van der Waals surface area contributed by atoms with Crippen LogP contribution in [0.25, 0.3) is 22.0 Å². The molecule has 1 fully saturated rings. The summed E-state index contributed by atoms with van der Waals surface area (Å²) in [7, 11) is 2.03.